The first-order valence-corrected chi connectivity index (χ1v) is 5.72. The maximum absolute atomic E-state index is 11.7. The second kappa shape index (κ2) is 5.39. The number of furan rings is 1. The minimum absolute atomic E-state index is 0.0873. The van der Waals surface area contributed by atoms with E-state index >= 15 is 0 Å². The first-order chi connectivity index (χ1) is 9.09. The van der Waals surface area contributed by atoms with Crippen LogP contribution < -0.4 is 4.90 Å². The summed E-state index contributed by atoms with van der Waals surface area (Å²) >= 11 is 0. The van der Waals surface area contributed by atoms with E-state index in [9.17, 15) is 9.59 Å². The second-order valence-electron chi connectivity index (χ2n) is 4.01. The largest absolute Gasteiger partial charge is 0.478 e. The summed E-state index contributed by atoms with van der Waals surface area (Å²) in [6.07, 6.45) is 1.51. The second-order valence-corrected chi connectivity index (χ2v) is 4.01. The summed E-state index contributed by atoms with van der Waals surface area (Å²) < 4.78 is 5.19. The highest BCUT2D eigenvalue weighted by atomic mass is 16.4. The summed E-state index contributed by atoms with van der Waals surface area (Å²) in [7, 11) is 0. The van der Waals surface area contributed by atoms with Crippen LogP contribution in [0.1, 0.15) is 23.0 Å². The molecule has 0 spiro atoms. The smallest absolute Gasteiger partial charge is 0.337 e. The number of benzene rings is 1. The first-order valence-electron chi connectivity index (χ1n) is 5.72. The fourth-order valence-electron chi connectivity index (χ4n) is 1.81. The van der Waals surface area contributed by atoms with Crippen molar-refractivity contribution >= 4 is 17.6 Å². The van der Waals surface area contributed by atoms with Gasteiger partial charge in [-0.25, -0.2) is 4.79 Å². The lowest BCUT2D eigenvalue weighted by Crippen LogP contribution is -2.29. The van der Waals surface area contributed by atoms with E-state index < -0.39 is 5.97 Å². The SMILES string of the molecule is CC(=O)N(Cc1ccco1)c1ccccc1C(=O)O. The molecule has 2 aromatic rings. The zero-order valence-corrected chi connectivity index (χ0v) is 10.4. The van der Waals surface area contributed by atoms with Crippen LogP contribution in [0.25, 0.3) is 0 Å². The number of nitrogens with zero attached hydrogens (tertiary/aromatic N) is 1. The van der Waals surface area contributed by atoms with Crippen LogP contribution >= 0.6 is 0 Å². The number of aromatic carboxylic acids is 1. The van der Waals surface area contributed by atoms with Gasteiger partial charge in [0.25, 0.3) is 0 Å². The third-order valence-electron chi connectivity index (χ3n) is 2.70. The molecule has 98 valence electrons. The molecule has 0 atom stereocenters. The first kappa shape index (κ1) is 12.9. The van der Waals surface area contributed by atoms with Crippen molar-refractivity contribution in [1.29, 1.82) is 0 Å². The van der Waals surface area contributed by atoms with Gasteiger partial charge in [0, 0.05) is 6.92 Å². The Hall–Kier alpha value is -2.56. The van der Waals surface area contributed by atoms with Crippen molar-refractivity contribution in [2.75, 3.05) is 4.90 Å². The predicted molar refractivity (Wildman–Crippen MR) is 69.0 cm³/mol. The Morgan fingerprint density at radius 3 is 2.53 bits per heavy atom. The van der Waals surface area contributed by atoms with Crippen LogP contribution in [-0.2, 0) is 11.3 Å². The van der Waals surface area contributed by atoms with E-state index in [-0.39, 0.29) is 18.0 Å². The molecule has 1 aromatic carbocycles. The molecule has 0 saturated carbocycles. The van der Waals surface area contributed by atoms with E-state index in [2.05, 4.69) is 0 Å². The van der Waals surface area contributed by atoms with Crippen molar-refractivity contribution in [2.24, 2.45) is 0 Å². The summed E-state index contributed by atoms with van der Waals surface area (Å²) in [5.41, 5.74) is 0.447. The molecule has 1 N–H and O–H groups in total. The van der Waals surface area contributed by atoms with Gasteiger partial charge in [0.15, 0.2) is 0 Å². The van der Waals surface area contributed by atoms with Gasteiger partial charge in [0.05, 0.1) is 24.1 Å². The summed E-state index contributed by atoms with van der Waals surface area (Å²) in [4.78, 5) is 24.3. The zero-order chi connectivity index (χ0) is 13.8. The van der Waals surface area contributed by atoms with Crippen LogP contribution in [0.15, 0.2) is 47.1 Å². The minimum Gasteiger partial charge on any atom is -0.478 e. The molecule has 0 bridgehead atoms. The molecule has 0 aliphatic heterocycles. The summed E-state index contributed by atoms with van der Waals surface area (Å²) in [6.45, 7) is 1.59. The zero-order valence-electron chi connectivity index (χ0n) is 10.4. The number of hydrogen-bond acceptors (Lipinski definition) is 3. The van der Waals surface area contributed by atoms with Gasteiger partial charge >= 0.3 is 5.97 Å². The molecule has 0 unspecified atom stereocenters. The topological polar surface area (TPSA) is 70.8 Å². The van der Waals surface area contributed by atoms with Crippen LogP contribution in [0.2, 0.25) is 0 Å². The Labute approximate surface area is 110 Å². The lowest BCUT2D eigenvalue weighted by atomic mass is 10.1. The van der Waals surface area contributed by atoms with Gasteiger partial charge in [-0.05, 0) is 24.3 Å². The maximum Gasteiger partial charge on any atom is 0.337 e. The average Bonchev–Trinajstić information content (AvgIpc) is 2.88. The highest BCUT2D eigenvalue weighted by Gasteiger charge is 2.19. The molecule has 5 nitrogen and oxygen atoms in total. The van der Waals surface area contributed by atoms with E-state index in [0.717, 1.165) is 0 Å². The Balaban J connectivity index is 2.39. The highest BCUT2D eigenvalue weighted by molar-refractivity contribution is 6.01. The quantitative estimate of drug-likeness (QED) is 0.915. The van der Waals surface area contributed by atoms with Crippen LogP contribution in [0.4, 0.5) is 5.69 Å². The fraction of sp³-hybridized carbons (Fsp3) is 0.143. The number of carbonyl (C=O) groups excluding carboxylic acids is 1. The van der Waals surface area contributed by atoms with E-state index in [1.807, 2.05) is 0 Å². The molecule has 1 heterocycles. The van der Waals surface area contributed by atoms with Gasteiger partial charge in [-0.2, -0.15) is 0 Å². The summed E-state index contributed by atoms with van der Waals surface area (Å²) in [5, 5.41) is 9.16. The van der Waals surface area contributed by atoms with E-state index in [1.165, 1.54) is 24.2 Å². The third-order valence-corrected chi connectivity index (χ3v) is 2.70. The molecule has 0 radical (unpaired) electrons. The number of carboxylic acid groups (broad SMARTS) is 1. The highest BCUT2D eigenvalue weighted by Crippen LogP contribution is 2.22. The van der Waals surface area contributed by atoms with Crippen molar-refractivity contribution < 1.29 is 19.1 Å². The van der Waals surface area contributed by atoms with Crippen molar-refractivity contribution in [1.82, 2.24) is 0 Å². The molecule has 5 heteroatoms. The van der Waals surface area contributed by atoms with Gasteiger partial charge < -0.3 is 14.4 Å². The molecular formula is C14H13NO4. The van der Waals surface area contributed by atoms with E-state index in [0.29, 0.717) is 11.4 Å². The van der Waals surface area contributed by atoms with Gasteiger partial charge in [0.1, 0.15) is 5.76 Å². The average molecular weight is 259 g/mol. The Morgan fingerprint density at radius 1 is 1.21 bits per heavy atom. The molecule has 1 amide bonds. The molecule has 0 aliphatic carbocycles. The Kier molecular flexibility index (Phi) is 3.66. The van der Waals surface area contributed by atoms with Crippen molar-refractivity contribution in [2.45, 2.75) is 13.5 Å². The molecular weight excluding hydrogens is 246 g/mol. The molecule has 2 rings (SSSR count). The monoisotopic (exact) mass is 259 g/mol. The number of rotatable bonds is 4. The van der Waals surface area contributed by atoms with Gasteiger partial charge in [0.2, 0.25) is 5.91 Å². The number of anilines is 1. The Morgan fingerprint density at radius 2 is 1.95 bits per heavy atom. The van der Waals surface area contributed by atoms with Crippen LogP contribution in [-0.4, -0.2) is 17.0 Å². The van der Waals surface area contributed by atoms with Crippen molar-refractivity contribution in [3.63, 3.8) is 0 Å². The van der Waals surface area contributed by atoms with E-state index in [1.54, 1.807) is 30.3 Å². The lowest BCUT2D eigenvalue weighted by molar-refractivity contribution is -0.116. The number of amides is 1. The predicted octanol–water partition coefficient (Wildman–Crippen LogP) is 2.53. The standard InChI is InChI=1S/C14H13NO4/c1-10(16)15(9-11-5-4-8-19-11)13-7-3-2-6-12(13)14(17)18/h2-8H,9H2,1H3,(H,17,18). The summed E-state index contributed by atoms with van der Waals surface area (Å²) in [5.74, 6) is -0.721. The van der Waals surface area contributed by atoms with E-state index in [4.69, 9.17) is 9.52 Å². The number of carboxylic acids is 1. The number of para-hydroxylation sites is 1. The summed E-state index contributed by atoms with van der Waals surface area (Å²) in [6, 6.07) is 9.84. The number of carbonyl (C=O) groups is 2. The minimum atomic E-state index is -1.07. The maximum atomic E-state index is 11.7. The van der Waals surface area contributed by atoms with Crippen molar-refractivity contribution in [3.05, 3.63) is 54.0 Å². The molecule has 1 aromatic heterocycles. The molecule has 0 fully saturated rings. The van der Waals surface area contributed by atoms with Crippen LogP contribution in [0.3, 0.4) is 0 Å². The van der Waals surface area contributed by atoms with Crippen LogP contribution in [0.5, 0.6) is 0 Å². The van der Waals surface area contributed by atoms with Gasteiger partial charge in [-0.15, -0.1) is 0 Å². The number of hydrogen-bond donors (Lipinski definition) is 1. The molecule has 0 saturated heterocycles. The third kappa shape index (κ3) is 2.82. The molecule has 19 heavy (non-hydrogen) atoms. The fourth-order valence-corrected chi connectivity index (χ4v) is 1.81. The van der Waals surface area contributed by atoms with Gasteiger partial charge in [-0.1, -0.05) is 12.1 Å². The van der Waals surface area contributed by atoms with Crippen molar-refractivity contribution in [3.8, 4) is 0 Å². The van der Waals surface area contributed by atoms with Gasteiger partial charge in [-0.3, -0.25) is 4.79 Å². The van der Waals surface area contributed by atoms with Crippen LogP contribution in [0, 0.1) is 0 Å². The lowest BCUT2D eigenvalue weighted by Gasteiger charge is -2.21. The molecule has 0 aliphatic rings. The normalized spacial score (nSPS) is 10.2. The Bertz CT molecular complexity index is 589.